The van der Waals surface area contributed by atoms with Gasteiger partial charge in [-0.25, -0.2) is 4.79 Å². The lowest BCUT2D eigenvalue weighted by Gasteiger charge is -2.38. The Morgan fingerprint density at radius 2 is 2.04 bits per heavy atom. The van der Waals surface area contributed by atoms with Crippen molar-refractivity contribution >= 4 is 17.6 Å². The summed E-state index contributed by atoms with van der Waals surface area (Å²) in [5, 5.41) is 13.0. The zero-order chi connectivity index (χ0) is 16.4. The van der Waals surface area contributed by atoms with Crippen LogP contribution in [0.3, 0.4) is 0 Å². The van der Waals surface area contributed by atoms with E-state index < -0.39 is 5.97 Å². The minimum Gasteiger partial charge on any atom is -0.478 e. The number of carboxylic acid groups (broad SMARTS) is 1. The summed E-state index contributed by atoms with van der Waals surface area (Å²) < 4.78 is 0. The number of fused-ring (bicyclic) bond motifs is 4. The molecule has 0 fully saturated rings. The first-order valence-electron chi connectivity index (χ1n) is 7.85. The molecule has 0 amide bonds. The van der Waals surface area contributed by atoms with Gasteiger partial charge in [-0.1, -0.05) is 29.9 Å². The first-order chi connectivity index (χ1) is 10.9. The Bertz CT molecular complexity index is 866. The van der Waals surface area contributed by atoms with Gasteiger partial charge in [0.05, 0.1) is 5.56 Å². The van der Waals surface area contributed by atoms with Crippen LogP contribution in [-0.4, -0.2) is 16.6 Å². The van der Waals surface area contributed by atoms with Crippen LogP contribution < -0.4 is 5.32 Å². The second kappa shape index (κ2) is 4.48. The van der Waals surface area contributed by atoms with E-state index in [9.17, 15) is 9.90 Å². The number of allylic oxidation sites excluding steroid dienone is 4. The van der Waals surface area contributed by atoms with Gasteiger partial charge in [-0.15, -0.1) is 0 Å². The quantitative estimate of drug-likeness (QED) is 0.771. The molecule has 0 bridgehead atoms. The van der Waals surface area contributed by atoms with Gasteiger partial charge in [-0.05, 0) is 61.3 Å². The van der Waals surface area contributed by atoms with Crippen LogP contribution in [0.5, 0.6) is 0 Å². The Kier molecular flexibility index (Phi) is 2.74. The van der Waals surface area contributed by atoms with E-state index in [0.29, 0.717) is 5.56 Å². The molecule has 2 N–H and O–H groups in total. The molecular weight excluding hydrogens is 286 g/mol. The maximum absolute atomic E-state index is 11.5. The second-order valence-corrected chi connectivity index (χ2v) is 7.06. The number of hydrogen-bond donors (Lipinski definition) is 2. The summed E-state index contributed by atoms with van der Waals surface area (Å²) in [5.74, 6) is -0.632. The molecule has 0 aromatic heterocycles. The fraction of sp³-hybridized carbons (Fsp3) is 0.250. The van der Waals surface area contributed by atoms with Crippen LogP contribution in [0.4, 0.5) is 0 Å². The number of carbonyl (C=O) groups is 1. The van der Waals surface area contributed by atoms with Crippen LogP contribution >= 0.6 is 0 Å². The summed E-state index contributed by atoms with van der Waals surface area (Å²) >= 11 is 0. The molecule has 1 atom stereocenters. The van der Waals surface area contributed by atoms with Gasteiger partial charge < -0.3 is 10.4 Å². The van der Waals surface area contributed by atoms with E-state index >= 15 is 0 Å². The lowest BCUT2D eigenvalue weighted by atomic mass is 9.80. The van der Waals surface area contributed by atoms with Crippen LogP contribution in [0.25, 0.3) is 11.6 Å². The number of benzene rings is 1. The molecule has 0 saturated heterocycles. The predicted molar refractivity (Wildman–Crippen MR) is 91.9 cm³/mol. The Labute approximate surface area is 135 Å². The molecule has 3 nitrogen and oxygen atoms in total. The normalized spacial score (nSPS) is 23.3. The highest BCUT2D eigenvalue weighted by Gasteiger charge is 2.33. The Hall–Kier alpha value is -2.55. The molecule has 3 aliphatic rings. The van der Waals surface area contributed by atoms with E-state index in [0.717, 1.165) is 22.3 Å². The highest BCUT2D eigenvalue weighted by molar-refractivity contribution is 6.04. The largest absolute Gasteiger partial charge is 0.478 e. The van der Waals surface area contributed by atoms with Crippen LogP contribution in [0.1, 0.15) is 42.3 Å². The van der Waals surface area contributed by atoms with E-state index in [1.54, 1.807) is 6.07 Å². The maximum Gasteiger partial charge on any atom is 0.336 e. The average molecular weight is 305 g/mol. The third-order valence-electron chi connectivity index (χ3n) is 4.76. The summed E-state index contributed by atoms with van der Waals surface area (Å²) in [4.78, 5) is 11.5. The number of nitrogens with one attached hydrogen (secondary N) is 1. The standard InChI is InChI=1S/C20H19NO2/c1-11-10-20(2,3)21-18-8-12-7-17-13(16(12)9-15(11)18)5-4-6-14(17)19(22)23/h4-10,15,21H,1-3H3,(H,22,23). The van der Waals surface area contributed by atoms with Gasteiger partial charge in [0, 0.05) is 17.2 Å². The zero-order valence-electron chi connectivity index (χ0n) is 13.5. The van der Waals surface area contributed by atoms with Crippen molar-refractivity contribution in [2.75, 3.05) is 0 Å². The fourth-order valence-corrected chi connectivity index (χ4v) is 3.91. The van der Waals surface area contributed by atoms with Crippen molar-refractivity contribution in [3.8, 4) is 0 Å². The van der Waals surface area contributed by atoms with Crippen LogP contribution in [0.2, 0.25) is 0 Å². The Morgan fingerprint density at radius 3 is 2.78 bits per heavy atom. The highest BCUT2D eigenvalue weighted by atomic mass is 16.4. The summed E-state index contributed by atoms with van der Waals surface area (Å²) in [6.45, 7) is 6.48. The van der Waals surface area contributed by atoms with Crippen molar-refractivity contribution in [2.24, 2.45) is 5.92 Å². The van der Waals surface area contributed by atoms with Gasteiger partial charge in [-0.3, -0.25) is 0 Å². The molecule has 0 saturated carbocycles. The molecule has 1 heterocycles. The molecule has 1 aromatic rings. The van der Waals surface area contributed by atoms with Gasteiger partial charge >= 0.3 is 5.97 Å². The van der Waals surface area contributed by atoms with Crippen molar-refractivity contribution in [3.05, 3.63) is 70.0 Å². The molecule has 0 spiro atoms. The van der Waals surface area contributed by atoms with Gasteiger partial charge in [-0.2, -0.15) is 0 Å². The molecule has 0 radical (unpaired) electrons. The molecule has 23 heavy (non-hydrogen) atoms. The van der Waals surface area contributed by atoms with E-state index in [-0.39, 0.29) is 11.5 Å². The fourth-order valence-electron chi connectivity index (χ4n) is 3.91. The summed E-state index contributed by atoms with van der Waals surface area (Å²) in [5.41, 5.74) is 6.90. The Balaban J connectivity index is 1.88. The highest BCUT2D eigenvalue weighted by Crippen LogP contribution is 2.45. The first kappa shape index (κ1) is 14.1. The van der Waals surface area contributed by atoms with Crippen molar-refractivity contribution in [1.29, 1.82) is 0 Å². The van der Waals surface area contributed by atoms with E-state index in [1.165, 1.54) is 11.3 Å². The topological polar surface area (TPSA) is 49.3 Å². The molecule has 1 aliphatic heterocycles. The number of carboxylic acids is 1. The molecule has 3 heteroatoms. The molecule has 1 unspecified atom stereocenters. The van der Waals surface area contributed by atoms with Gasteiger partial charge in [0.15, 0.2) is 0 Å². The van der Waals surface area contributed by atoms with Crippen molar-refractivity contribution < 1.29 is 9.90 Å². The third-order valence-corrected chi connectivity index (χ3v) is 4.76. The van der Waals surface area contributed by atoms with E-state index in [4.69, 9.17) is 0 Å². The van der Waals surface area contributed by atoms with Gasteiger partial charge in [0.2, 0.25) is 0 Å². The van der Waals surface area contributed by atoms with Gasteiger partial charge in [0.1, 0.15) is 0 Å². The third kappa shape index (κ3) is 2.07. The average Bonchev–Trinajstić information content (AvgIpc) is 2.81. The van der Waals surface area contributed by atoms with Crippen LogP contribution in [0, 0.1) is 5.92 Å². The SMILES string of the molecule is CC1=CC(C)(C)NC2=CC3=Cc4c(C(=O)O)cccc4C3=CC12. The molecule has 1 aromatic carbocycles. The molecule has 4 rings (SSSR count). The monoisotopic (exact) mass is 305 g/mol. The first-order valence-corrected chi connectivity index (χ1v) is 7.85. The smallest absolute Gasteiger partial charge is 0.336 e. The summed E-state index contributed by atoms with van der Waals surface area (Å²) in [6, 6.07) is 5.50. The van der Waals surface area contributed by atoms with Crippen molar-refractivity contribution in [1.82, 2.24) is 5.32 Å². The second-order valence-electron chi connectivity index (χ2n) is 7.06. The Morgan fingerprint density at radius 1 is 1.26 bits per heavy atom. The van der Waals surface area contributed by atoms with Crippen LogP contribution in [-0.2, 0) is 0 Å². The predicted octanol–water partition coefficient (Wildman–Crippen LogP) is 4.01. The molecule has 2 aliphatic carbocycles. The lowest BCUT2D eigenvalue weighted by molar-refractivity contribution is 0.0696. The molecule has 116 valence electrons. The minimum absolute atomic E-state index is 0.0595. The van der Waals surface area contributed by atoms with E-state index in [1.807, 2.05) is 18.2 Å². The van der Waals surface area contributed by atoms with E-state index in [2.05, 4.69) is 44.3 Å². The van der Waals surface area contributed by atoms with Gasteiger partial charge in [0.25, 0.3) is 0 Å². The number of aromatic carboxylic acids is 1. The number of rotatable bonds is 1. The van der Waals surface area contributed by atoms with Crippen molar-refractivity contribution in [3.63, 3.8) is 0 Å². The summed E-state index contributed by atoms with van der Waals surface area (Å²) in [6.07, 6.45) is 8.69. The lowest BCUT2D eigenvalue weighted by Crippen LogP contribution is -2.43. The number of hydrogen-bond acceptors (Lipinski definition) is 2. The molecular formula is C20H19NO2. The summed E-state index contributed by atoms with van der Waals surface area (Å²) in [7, 11) is 0. The van der Waals surface area contributed by atoms with Crippen molar-refractivity contribution in [2.45, 2.75) is 26.3 Å². The minimum atomic E-state index is -0.877. The zero-order valence-corrected chi connectivity index (χ0v) is 13.5. The van der Waals surface area contributed by atoms with Crippen LogP contribution in [0.15, 0.2) is 53.3 Å². The maximum atomic E-state index is 11.5.